The van der Waals surface area contributed by atoms with Crippen LogP contribution in [0.3, 0.4) is 0 Å². The van der Waals surface area contributed by atoms with Gasteiger partial charge in [0.1, 0.15) is 0 Å². The molecule has 0 saturated heterocycles. The van der Waals surface area contributed by atoms with Crippen LogP contribution in [0.1, 0.15) is 42.2 Å². The Bertz CT molecular complexity index is 591. The van der Waals surface area contributed by atoms with Gasteiger partial charge >= 0.3 is 0 Å². The smallest absolute Gasteiger partial charge is 0.0760 e. The summed E-state index contributed by atoms with van der Waals surface area (Å²) in [5, 5.41) is 8.01. The Morgan fingerprint density at radius 3 is 2.57 bits per heavy atom. The van der Waals surface area contributed by atoms with Gasteiger partial charge in [-0.25, -0.2) is 0 Å². The van der Waals surface area contributed by atoms with Crippen LogP contribution in [0.2, 0.25) is 0 Å². The van der Waals surface area contributed by atoms with Crippen molar-refractivity contribution in [3.05, 3.63) is 39.6 Å². The first-order chi connectivity index (χ1) is 10.0. The van der Waals surface area contributed by atoms with Gasteiger partial charge < -0.3 is 5.32 Å². The molecule has 0 aromatic carbocycles. The molecule has 0 aliphatic rings. The highest BCUT2D eigenvalue weighted by atomic mass is 79.9. The third-order valence-electron chi connectivity index (χ3n) is 3.46. The molecular weight excluding hydrogens is 330 g/mol. The van der Waals surface area contributed by atoms with E-state index >= 15 is 0 Å². The van der Waals surface area contributed by atoms with Gasteiger partial charge in [0, 0.05) is 19.7 Å². The van der Waals surface area contributed by atoms with E-state index < -0.39 is 0 Å². The minimum Gasteiger partial charge on any atom is -0.308 e. The first-order valence-corrected chi connectivity index (χ1v) is 8.02. The lowest BCUT2D eigenvalue weighted by Crippen LogP contribution is -2.26. The van der Waals surface area contributed by atoms with Gasteiger partial charge in [0.15, 0.2) is 0 Å². The Morgan fingerprint density at radius 1 is 1.29 bits per heavy atom. The van der Waals surface area contributed by atoms with Gasteiger partial charge in [0.05, 0.1) is 39.5 Å². The maximum Gasteiger partial charge on any atom is 0.0760 e. The molecule has 0 spiro atoms. The molecule has 2 aromatic rings. The van der Waals surface area contributed by atoms with E-state index in [0.717, 1.165) is 40.9 Å². The van der Waals surface area contributed by atoms with Crippen molar-refractivity contribution in [2.45, 2.75) is 39.7 Å². The molecule has 2 rings (SSSR count). The van der Waals surface area contributed by atoms with Crippen molar-refractivity contribution in [3.8, 4) is 0 Å². The van der Waals surface area contributed by atoms with Gasteiger partial charge in [-0.2, -0.15) is 5.10 Å². The summed E-state index contributed by atoms with van der Waals surface area (Å²) in [4.78, 5) is 8.89. The highest BCUT2D eigenvalue weighted by Gasteiger charge is 2.19. The molecular formula is C15H22BrN5. The molecule has 2 aromatic heterocycles. The minimum atomic E-state index is 0.143. The number of rotatable bonds is 6. The number of aromatic nitrogens is 4. The summed E-state index contributed by atoms with van der Waals surface area (Å²) in [6.07, 6.45) is 5.59. The molecule has 0 amide bonds. The number of aryl methyl sites for hydroxylation is 3. The van der Waals surface area contributed by atoms with Crippen LogP contribution in [0.5, 0.6) is 0 Å². The molecule has 0 bridgehead atoms. The summed E-state index contributed by atoms with van der Waals surface area (Å²) in [7, 11) is 1.98. The van der Waals surface area contributed by atoms with Crippen LogP contribution in [0.15, 0.2) is 16.9 Å². The van der Waals surface area contributed by atoms with Gasteiger partial charge in [0.25, 0.3) is 0 Å². The van der Waals surface area contributed by atoms with Crippen LogP contribution < -0.4 is 5.32 Å². The number of hydrogen-bond donors (Lipinski definition) is 1. The second kappa shape index (κ2) is 7.13. The zero-order chi connectivity index (χ0) is 15.4. The molecule has 0 saturated carbocycles. The third-order valence-corrected chi connectivity index (χ3v) is 4.49. The summed E-state index contributed by atoms with van der Waals surface area (Å²) in [6.45, 7) is 7.07. The van der Waals surface area contributed by atoms with Crippen molar-refractivity contribution in [2.24, 2.45) is 7.05 Å². The molecule has 5 nitrogen and oxygen atoms in total. The monoisotopic (exact) mass is 351 g/mol. The predicted octanol–water partition coefficient (Wildman–Crippen LogP) is 2.87. The van der Waals surface area contributed by atoms with Gasteiger partial charge in [-0.15, -0.1) is 0 Å². The molecule has 1 unspecified atom stereocenters. The molecule has 1 N–H and O–H groups in total. The average Bonchev–Trinajstić information content (AvgIpc) is 2.70. The Hall–Kier alpha value is -1.27. The minimum absolute atomic E-state index is 0.143. The summed E-state index contributed by atoms with van der Waals surface area (Å²) >= 11 is 3.63. The average molecular weight is 352 g/mol. The standard InChI is InChI=1S/C15H22BrN5/c1-5-6-17-12(13-9-18-10(2)8-19-13)7-14-15(16)11(3)20-21(14)4/h8-9,12,17H,5-7H2,1-4H3. The summed E-state index contributed by atoms with van der Waals surface area (Å²) in [5.74, 6) is 0. The van der Waals surface area contributed by atoms with E-state index in [2.05, 4.69) is 43.2 Å². The largest absolute Gasteiger partial charge is 0.308 e. The molecule has 114 valence electrons. The first-order valence-electron chi connectivity index (χ1n) is 7.22. The zero-order valence-corrected chi connectivity index (χ0v) is 14.6. The Morgan fingerprint density at radius 2 is 2.05 bits per heavy atom. The number of hydrogen-bond acceptors (Lipinski definition) is 4. The van der Waals surface area contributed by atoms with Gasteiger partial charge in [0.2, 0.25) is 0 Å². The zero-order valence-electron chi connectivity index (χ0n) is 13.0. The summed E-state index contributed by atoms with van der Waals surface area (Å²) in [5.41, 5.74) is 4.09. The Labute approximate surface area is 134 Å². The molecule has 2 heterocycles. The lowest BCUT2D eigenvalue weighted by Gasteiger charge is -2.18. The van der Waals surface area contributed by atoms with E-state index in [9.17, 15) is 0 Å². The van der Waals surface area contributed by atoms with Crippen molar-refractivity contribution >= 4 is 15.9 Å². The second-order valence-electron chi connectivity index (χ2n) is 5.26. The van der Waals surface area contributed by atoms with E-state index in [0.29, 0.717) is 0 Å². The summed E-state index contributed by atoms with van der Waals surface area (Å²) < 4.78 is 3.01. The van der Waals surface area contributed by atoms with Gasteiger partial charge in [-0.1, -0.05) is 6.92 Å². The molecule has 6 heteroatoms. The third kappa shape index (κ3) is 3.89. The van der Waals surface area contributed by atoms with Crippen LogP contribution in [-0.2, 0) is 13.5 Å². The highest BCUT2D eigenvalue weighted by Crippen LogP contribution is 2.25. The predicted molar refractivity (Wildman–Crippen MR) is 87.2 cm³/mol. The fourth-order valence-corrected chi connectivity index (χ4v) is 2.78. The van der Waals surface area contributed by atoms with Crippen molar-refractivity contribution in [1.29, 1.82) is 0 Å². The van der Waals surface area contributed by atoms with Crippen LogP contribution in [0, 0.1) is 13.8 Å². The molecule has 1 atom stereocenters. The van der Waals surface area contributed by atoms with Crippen LogP contribution in [0.25, 0.3) is 0 Å². The van der Waals surface area contributed by atoms with Crippen molar-refractivity contribution in [1.82, 2.24) is 25.1 Å². The normalized spacial score (nSPS) is 12.6. The van der Waals surface area contributed by atoms with E-state index in [4.69, 9.17) is 0 Å². The van der Waals surface area contributed by atoms with Gasteiger partial charge in [-0.05, 0) is 42.7 Å². The number of halogens is 1. The Kier molecular flexibility index (Phi) is 5.47. The first kappa shape index (κ1) is 16.1. The summed E-state index contributed by atoms with van der Waals surface area (Å²) in [6, 6.07) is 0.143. The van der Waals surface area contributed by atoms with Crippen molar-refractivity contribution in [3.63, 3.8) is 0 Å². The fourth-order valence-electron chi connectivity index (χ4n) is 2.28. The quantitative estimate of drug-likeness (QED) is 0.869. The van der Waals surface area contributed by atoms with Crippen molar-refractivity contribution in [2.75, 3.05) is 6.54 Å². The lowest BCUT2D eigenvalue weighted by atomic mass is 10.1. The van der Waals surface area contributed by atoms with Crippen LogP contribution >= 0.6 is 15.9 Å². The van der Waals surface area contributed by atoms with Crippen LogP contribution in [-0.4, -0.2) is 26.3 Å². The molecule has 0 aliphatic heterocycles. The molecule has 21 heavy (non-hydrogen) atoms. The van der Waals surface area contributed by atoms with Gasteiger partial charge in [-0.3, -0.25) is 14.6 Å². The van der Waals surface area contributed by atoms with E-state index in [1.165, 1.54) is 5.69 Å². The van der Waals surface area contributed by atoms with E-state index in [1.807, 2.05) is 38.0 Å². The lowest BCUT2D eigenvalue weighted by molar-refractivity contribution is 0.499. The van der Waals surface area contributed by atoms with E-state index in [-0.39, 0.29) is 6.04 Å². The second-order valence-corrected chi connectivity index (χ2v) is 6.06. The Balaban J connectivity index is 2.25. The maximum atomic E-state index is 4.52. The molecule has 0 radical (unpaired) electrons. The molecule has 0 fully saturated rings. The number of nitrogens with one attached hydrogen (secondary N) is 1. The number of nitrogens with zero attached hydrogens (tertiary/aromatic N) is 4. The topological polar surface area (TPSA) is 55.6 Å². The fraction of sp³-hybridized carbons (Fsp3) is 0.533. The molecule has 0 aliphatic carbocycles. The van der Waals surface area contributed by atoms with E-state index in [1.54, 1.807) is 0 Å². The SMILES string of the molecule is CCCNC(Cc1c(Br)c(C)nn1C)c1cnc(C)cn1. The van der Waals surface area contributed by atoms with Crippen molar-refractivity contribution < 1.29 is 0 Å². The maximum absolute atomic E-state index is 4.52. The highest BCUT2D eigenvalue weighted by molar-refractivity contribution is 9.10. The van der Waals surface area contributed by atoms with Crippen LogP contribution in [0.4, 0.5) is 0 Å².